The molecule has 0 spiro atoms. The maximum Gasteiger partial charge on any atom is 0.318 e. The van der Waals surface area contributed by atoms with Gasteiger partial charge in [-0.1, -0.05) is 5.21 Å². The third kappa shape index (κ3) is 5.11. The minimum Gasteiger partial charge on any atom is -0.489 e. The van der Waals surface area contributed by atoms with Crippen LogP contribution in [0.5, 0.6) is 11.8 Å². The molecule has 0 aromatic carbocycles. The lowest BCUT2D eigenvalue weighted by Crippen LogP contribution is -2.30. The highest BCUT2D eigenvalue weighted by molar-refractivity contribution is 5.72. The van der Waals surface area contributed by atoms with E-state index in [9.17, 15) is 5.11 Å². The maximum absolute atomic E-state index is 9.96. The molecule has 0 radical (unpaired) electrons. The van der Waals surface area contributed by atoms with E-state index in [-0.39, 0.29) is 24.2 Å². The first-order valence-corrected chi connectivity index (χ1v) is 12.0. The molecule has 0 amide bonds. The molecule has 3 aromatic heterocycles. The van der Waals surface area contributed by atoms with Crippen LogP contribution in [-0.2, 0) is 7.05 Å². The van der Waals surface area contributed by atoms with Gasteiger partial charge < -0.3 is 19.9 Å². The number of pyridine rings is 1. The van der Waals surface area contributed by atoms with Gasteiger partial charge in [0.15, 0.2) is 11.5 Å². The number of aliphatic hydroxyl groups excluding tert-OH is 1. The molecule has 10 nitrogen and oxygen atoms in total. The van der Waals surface area contributed by atoms with Gasteiger partial charge in [0.2, 0.25) is 0 Å². The van der Waals surface area contributed by atoms with Crippen molar-refractivity contribution < 1.29 is 14.6 Å². The van der Waals surface area contributed by atoms with Crippen molar-refractivity contribution >= 4 is 11.6 Å². The lowest BCUT2D eigenvalue weighted by atomic mass is 9.84. The number of aromatic nitrogens is 6. The van der Waals surface area contributed by atoms with Gasteiger partial charge in [-0.05, 0) is 76.5 Å². The molecular weight excluding hydrogens is 434 g/mol. The molecule has 0 saturated heterocycles. The van der Waals surface area contributed by atoms with E-state index in [1.165, 1.54) is 0 Å². The number of rotatable bonds is 8. The van der Waals surface area contributed by atoms with Crippen molar-refractivity contribution in [1.82, 2.24) is 29.9 Å². The Hall–Kier alpha value is -3.27. The molecule has 34 heavy (non-hydrogen) atoms. The van der Waals surface area contributed by atoms with Gasteiger partial charge in [0, 0.05) is 13.2 Å². The van der Waals surface area contributed by atoms with Gasteiger partial charge in [-0.3, -0.25) is 0 Å². The molecule has 0 bridgehead atoms. The normalized spacial score (nSPS) is 21.2. The van der Waals surface area contributed by atoms with Crippen LogP contribution in [0.1, 0.15) is 51.1 Å². The molecule has 1 unspecified atom stereocenters. The second kappa shape index (κ2) is 9.54. The molecule has 2 saturated carbocycles. The molecule has 3 atom stereocenters. The van der Waals surface area contributed by atoms with Crippen LogP contribution in [0, 0.1) is 12.8 Å². The second-order valence-corrected chi connectivity index (χ2v) is 9.26. The summed E-state index contributed by atoms with van der Waals surface area (Å²) in [6.07, 6.45) is 7.75. The summed E-state index contributed by atoms with van der Waals surface area (Å²) in [4.78, 5) is 13.4. The molecule has 2 aliphatic carbocycles. The van der Waals surface area contributed by atoms with Crippen LogP contribution in [0.4, 0.5) is 11.6 Å². The van der Waals surface area contributed by atoms with Crippen molar-refractivity contribution in [3.05, 3.63) is 30.1 Å². The fourth-order valence-electron chi connectivity index (χ4n) is 4.30. The summed E-state index contributed by atoms with van der Waals surface area (Å²) >= 11 is 0. The number of nitrogens with zero attached hydrogens (tertiary/aromatic N) is 6. The Morgan fingerprint density at radius 1 is 1.09 bits per heavy atom. The lowest BCUT2D eigenvalue weighted by molar-refractivity contribution is 0.0491. The topological polar surface area (TPSA) is 120 Å². The van der Waals surface area contributed by atoms with Gasteiger partial charge in [0.25, 0.3) is 0 Å². The van der Waals surface area contributed by atoms with E-state index >= 15 is 0 Å². The van der Waals surface area contributed by atoms with E-state index < -0.39 is 0 Å². The van der Waals surface area contributed by atoms with Crippen molar-refractivity contribution in [3.63, 3.8) is 0 Å². The van der Waals surface area contributed by atoms with Crippen LogP contribution in [0.3, 0.4) is 0 Å². The number of nitrogens with one attached hydrogen (secondary N) is 1. The first kappa shape index (κ1) is 22.5. The molecule has 10 heteroatoms. The molecule has 2 aliphatic rings. The molecular formula is C24H31N7O3. The third-order valence-corrected chi connectivity index (χ3v) is 6.43. The van der Waals surface area contributed by atoms with E-state index in [0.29, 0.717) is 29.0 Å². The Kier molecular flexibility index (Phi) is 6.32. The molecule has 2 fully saturated rings. The largest absolute Gasteiger partial charge is 0.489 e. The summed E-state index contributed by atoms with van der Waals surface area (Å²) in [5.74, 6) is 2.31. The summed E-state index contributed by atoms with van der Waals surface area (Å²) in [5, 5.41) is 21.7. The minimum atomic E-state index is -0.304. The highest BCUT2D eigenvalue weighted by Crippen LogP contribution is 2.33. The zero-order chi connectivity index (χ0) is 23.7. The van der Waals surface area contributed by atoms with Gasteiger partial charge >= 0.3 is 6.01 Å². The minimum absolute atomic E-state index is 0.0956. The Labute approximate surface area is 198 Å². The smallest absolute Gasteiger partial charge is 0.318 e. The summed E-state index contributed by atoms with van der Waals surface area (Å²) in [5.41, 5.74) is 2.09. The standard InChI is InChI=1S/C24H31N7O3/c1-14-20(33-18-6-4-5-16(13-18)15(2)32)10-9-19(26-14)22-23(31(3)30-29-22)27-21-11-12-25-24(28-21)34-17-7-8-17/h9-12,15-18,32H,4-8,13H2,1-3H3,(H,25,27,28)/t15?,16-,18-/m0/s1. The molecule has 2 N–H and O–H groups in total. The third-order valence-electron chi connectivity index (χ3n) is 6.43. The molecule has 180 valence electrons. The Morgan fingerprint density at radius 2 is 1.94 bits per heavy atom. The van der Waals surface area contributed by atoms with E-state index in [0.717, 1.165) is 50.0 Å². The summed E-state index contributed by atoms with van der Waals surface area (Å²) in [6, 6.07) is 5.97. The molecule has 3 aromatic rings. The molecule has 5 rings (SSSR count). The van der Waals surface area contributed by atoms with Crippen LogP contribution in [0.2, 0.25) is 0 Å². The summed E-state index contributed by atoms with van der Waals surface area (Å²) < 4.78 is 13.6. The van der Waals surface area contributed by atoms with Crippen molar-refractivity contribution in [3.8, 4) is 23.1 Å². The van der Waals surface area contributed by atoms with Gasteiger partial charge in [-0.25, -0.2) is 14.6 Å². The average molecular weight is 466 g/mol. The van der Waals surface area contributed by atoms with Crippen LogP contribution in [0.15, 0.2) is 24.4 Å². The highest BCUT2D eigenvalue weighted by Gasteiger charge is 2.27. The van der Waals surface area contributed by atoms with Crippen LogP contribution < -0.4 is 14.8 Å². The summed E-state index contributed by atoms with van der Waals surface area (Å²) in [7, 11) is 1.81. The Bertz CT molecular complexity index is 1150. The van der Waals surface area contributed by atoms with Crippen LogP contribution in [-0.4, -0.2) is 53.4 Å². The van der Waals surface area contributed by atoms with E-state index in [4.69, 9.17) is 14.5 Å². The van der Waals surface area contributed by atoms with E-state index in [1.807, 2.05) is 33.0 Å². The highest BCUT2D eigenvalue weighted by atomic mass is 16.5. The van der Waals surface area contributed by atoms with Crippen molar-refractivity contribution in [2.24, 2.45) is 13.0 Å². The summed E-state index contributed by atoms with van der Waals surface area (Å²) in [6.45, 7) is 3.80. The number of aliphatic hydroxyl groups is 1. The van der Waals surface area contributed by atoms with Gasteiger partial charge in [-0.2, -0.15) is 4.98 Å². The maximum atomic E-state index is 9.96. The SMILES string of the molecule is Cc1nc(-c2nnn(C)c2Nc2ccnc(OC3CC3)n2)ccc1O[C@H]1CCC[C@H](C(C)O)C1. The first-order valence-electron chi connectivity index (χ1n) is 12.0. The van der Waals surface area contributed by atoms with E-state index in [2.05, 4.69) is 25.6 Å². The monoisotopic (exact) mass is 465 g/mol. The lowest BCUT2D eigenvalue weighted by Gasteiger charge is -2.31. The van der Waals surface area contributed by atoms with Crippen molar-refractivity contribution in [2.45, 2.75) is 70.7 Å². The fourth-order valence-corrected chi connectivity index (χ4v) is 4.30. The van der Waals surface area contributed by atoms with Crippen LogP contribution in [0.25, 0.3) is 11.4 Å². The average Bonchev–Trinajstić information content (AvgIpc) is 3.57. The zero-order valence-electron chi connectivity index (χ0n) is 19.8. The Morgan fingerprint density at radius 3 is 2.71 bits per heavy atom. The quantitative estimate of drug-likeness (QED) is 0.514. The number of aryl methyl sites for hydroxylation is 2. The first-order chi connectivity index (χ1) is 16.5. The van der Waals surface area contributed by atoms with Gasteiger partial charge in [0.1, 0.15) is 17.7 Å². The van der Waals surface area contributed by atoms with Gasteiger partial charge in [-0.15, -0.1) is 5.10 Å². The molecule has 3 heterocycles. The zero-order valence-corrected chi connectivity index (χ0v) is 19.8. The number of hydrogen-bond donors (Lipinski definition) is 2. The molecule has 0 aliphatic heterocycles. The number of hydrogen-bond acceptors (Lipinski definition) is 9. The predicted molar refractivity (Wildman–Crippen MR) is 126 cm³/mol. The Balaban J connectivity index is 1.32. The van der Waals surface area contributed by atoms with E-state index in [1.54, 1.807) is 16.9 Å². The van der Waals surface area contributed by atoms with Gasteiger partial charge in [0.05, 0.1) is 23.6 Å². The van der Waals surface area contributed by atoms with Crippen molar-refractivity contribution in [1.29, 1.82) is 0 Å². The fraction of sp³-hybridized carbons (Fsp3) is 0.542. The number of ether oxygens (including phenoxy) is 2. The van der Waals surface area contributed by atoms with Crippen molar-refractivity contribution in [2.75, 3.05) is 5.32 Å². The van der Waals surface area contributed by atoms with Crippen LogP contribution >= 0.6 is 0 Å². The predicted octanol–water partition coefficient (Wildman–Crippen LogP) is 3.58. The number of anilines is 2. The second-order valence-electron chi connectivity index (χ2n) is 9.26.